The summed E-state index contributed by atoms with van der Waals surface area (Å²) in [7, 11) is 0. The second-order valence-corrected chi connectivity index (χ2v) is 22.4. The highest BCUT2D eigenvalue weighted by Gasteiger charge is 2.50. The van der Waals surface area contributed by atoms with Crippen LogP contribution in [0, 0.1) is 0 Å². The lowest BCUT2D eigenvalue weighted by molar-refractivity contribution is -0.301. The first-order chi connectivity index (χ1) is 40.6. The van der Waals surface area contributed by atoms with Crippen LogP contribution in [0.3, 0.4) is 0 Å². The Kier molecular flexibility index (Phi) is 53.6. The fraction of sp³-hybridized carbons (Fsp3) is 0.718. The van der Waals surface area contributed by atoms with E-state index in [9.17, 15) is 34.5 Å². The number of carbonyl (C=O) groups is 4. The van der Waals surface area contributed by atoms with Gasteiger partial charge in [-0.25, -0.2) is 4.79 Å². The van der Waals surface area contributed by atoms with Crippen molar-refractivity contribution in [3.8, 4) is 0 Å². The third-order valence-corrected chi connectivity index (χ3v) is 14.6. The zero-order valence-electron chi connectivity index (χ0n) is 52.4. The van der Waals surface area contributed by atoms with Crippen LogP contribution in [0.25, 0.3) is 0 Å². The van der Waals surface area contributed by atoms with Crippen molar-refractivity contribution in [2.75, 3.05) is 13.2 Å². The van der Waals surface area contributed by atoms with E-state index in [0.29, 0.717) is 25.7 Å². The fourth-order valence-electron chi connectivity index (χ4n) is 9.59. The topological polar surface area (TPSA) is 175 Å². The van der Waals surface area contributed by atoms with Crippen molar-refractivity contribution >= 4 is 23.9 Å². The van der Waals surface area contributed by atoms with Crippen LogP contribution < -0.4 is 0 Å². The van der Waals surface area contributed by atoms with Crippen molar-refractivity contribution in [2.45, 2.75) is 314 Å². The Balaban J connectivity index is 2.69. The monoisotopic (exact) mass is 1160 g/mol. The molecule has 1 rings (SSSR count). The van der Waals surface area contributed by atoms with Gasteiger partial charge in [-0.2, -0.15) is 0 Å². The molecule has 0 amide bonds. The number of rotatable bonds is 56. The van der Waals surface area contributed by atoms with Crippen LogP contribution in [-0.2, 0) is 42.9 Å². The maximum Gasteiger partial charge on any atom is 0.335 e. The number of aliphatic carboxylic acids is 1. The fourth-order valence-corrected chi connectivity index (χ4v) is 9.59. The molecule has 0 bridgehead atoms. The number of carboxylic acids is 1. The maximum absolute atomic E-state index is 13.2. The normalized spacial score (nSPS) is 18.2. The molecule has 0 spiro atoms. The molecule has 474 valence electrons. The van der Waals surface area contributed by atoms with E-state index in [1.165, 1.54) is 103 Å². The van der Waals surface area contributed by atoms with E-state index < -0.39 is 67.3 Å². The van der Waals surface area contributed by atoms with E-state index >= 15 is 0 Å². The quantitative estimate of drug-likeness (QED) is 0.0228. The molecule has 1 fully saturated rings. The summed E-state index contributed by atoms with van der Waals surface area (Å²) in [6.07, 6.45) is 65.1. The second kappa shape index (κ2) is 58.0. The van der Waals surface area contributed by atoms with Crippen LogP contribution in [0.4, 0.5) is 0 Å². The number of carboxylic acid groups (broad SMARTS) is 1. The molecular weight excluding hydrogens is 1040 g/mol. The Morgan fingerprint density at radius 1 is 0.410 bits per heavy atom. The first kappa shape index (κ1) is 76.7. The molecular formula is C71H118O12. The van der Waals surface area contributed by atoms with E-state index in [4.69, 9.17) is 23.7 Å². The number of aliphatic hydroxyl groups is 2. The van der Waals surface area contributed by atoms with Gasteiger partial charge in [-0.3, -0.25) is 14.4 Å². The summed E-state index contributed by atoms with van der Waals surface area (Å²) in [6.45, 7) is 5.83. The number of aliphatic hydroxyl groups excluding tert-OH is 2. The van der Waals surface area contributed by atoms with Gasteiger partial charge in [0.1, 0.15) is 18.8 Å². The Morgan fingerprint density at radius 3 is 1.22 bits per heavy atom. The third kappa shape index (κ3) is 47.6. The zero-order valence-corrected chi connectivity index (χ0v) is 52.4. The summed E-state index contributed by atoms with van der Waals surface area (Å²) < 4.78 is 28.5. The first-order valence-corrected chi connectivity index (χ1v) is 33.2. The molecule has 0 aromatic heterocycles. The van der Waals surface area contributed by atoms with Crippen LogP contribution in [0.5, 0.6) is 0 Å². The van der Waals surface area contributed by atoms with Gasteiger partial charge in [0.2, 0.25) is 0 Å². The second-order valence-electron chi connectivity index (χ2n) is 22.4. The average molecular weight is 1160 g/mol. The Bertz CT molecular complexity index is 1810. The molecule has 0 aromatic carbocycles. The molecule has 12 nitrogen and oxygen atoms in total. The highest BCUT2D eigenvalue weighted by molar-refractivity contribution is 5.74. The molecule has 0 radical (unpaired) electrons. The minimum atomic E-state index is -1.92. The van der Waals surface area contributed by atoms with Gasteiger partial charge in [0.15, 0.2) is 24.6 Å². The summed E-state index contributed by atoms with van der Waals surface area (Å²) >= 11 is 0. The Hall–Kier alpha value is -4.36. The third-order valence-electron chi connectivity index (χ3n) is 14.6. The Labute approximate surface area is 504 Å². The van der Waals surface area contributed by atoms with E-state index in [1.54, 1.807) is 0 Å². The molecule has 1 saturated heterocycles. The first-order valence-electron chi connectivity index (χ1n) is 33.2. The summed E-state index contributed by atoms with van der Waals surface area (Å²) in [4.78, 5) is 51.4. The van der Waals surface area contributed by atoms with E-state index in [1.807, 2.05) is 6.08 Å². The number of hydrogen-bond acceptors (Lipinski definition) is 11. The molecule has 3 N–H and O–H groups in total. The van der Waals surface area contributed by atoms with Crippen molar-refractivity contribution < 1.29 is 58.2 Å². The van der Waals surface area contributed by atoms with Crippen LogP contribution in [0.2, 0.25) is 0 Å². The number of esters is 3. The van der Waals surface area contributed by atoms with Gasteiger partial charge in [-0.05, 0) is 96.3 Å². The minimum Gasteiger partial charge on any atom is -0.479 e. The van der Waals surface area contributed by atoms with E-state index in [2.05, 4.69) is 112 Å². The van der Waals surface area contributed by atoms with E-state index in [-0.39, 0.29) is 25.9 Å². The molecule has 12 heteroatoms. The van der Waals surface area contributed by atoms with Crippen LogP contribution in [0.1, 0.15) is 278 Å². The minimum absolute atomic E-state index is 0.0377. The summed E-state index contributed by atoms with van der Waals surface area (Å²) in [5, 5.41) is 31.6. The van der Waals surface area contributed by atoms with E-state index in [0.717, 1.165) is 109 Å². The van der Waals surface area contributed by atoms with Crippen molar-refractivity contribution in [1.82, 2.24) is 0 Å². The average Bonchev–Trinajstić information content (AvgIpc) is 3.58. The van der Waals surface area contributed by atoms with Crippen molar-refractivity contribution in [2.24, 2.45) is 0 Å². The molecule has 0 aliphatic carbocycles. The van der Waals surface area contributed by atoms with Crippen LogP contribution in [-0.4, -0.2) is 89.2 Å². The number of unbranched alkanes of at least 4 members (excludes halogenated alkanes) is 26. The van der Waals surface area contributed by atoms with Crippen molar-refractivity contribution in [3.05, 3.63) is 97.2 Å². The predicted octanol–water partition coefficient (Wildman–Crippen LogP) is 18.0. The molecule has 1 aliphatic heterocycles. The number of allylic oxidation sites excluding steroid dienone is 16. The van der Waals surface area contributed by atoms with Gasteiger partial charge in [-0.1, -0.05) is 259 Å². The lowest BCUT2D eigenvalue weighted by Crippen LogP contribution is -2.61. The molecule has 0 saturated carbocycles. The van der Waals surface area contributed by atoms with Gasteiger partial charge >= 0.3 is 23.9 Å². The number of hydrogen-bond donors (Lipinski definition) is 3. The van der Waals surface area contributed by atoms with Crippen LogP contribution >= 0.6 is 0 Å². The largest absolute Gasteiger partial charge is 0.479 e. The smallest absolute Gasteiger partial charge is 0.335 e. The lowest BCUT2D eigenvalue weighted by Gasteiger charge is -2.40. The van der Waals surface area contributed by atoms with Gasteiger partial charge in [0.25, 0.3) is 0 Å². The van der Waals surface area contributed by atoms with Crippen LogP contribution in [0.15, 0.2) is 97.2 Å². The van der Waals surface area contributed by atoms with Gasteiger partial charge in [-0.15, -0.1) is 0 Å². The summed E-state index contributed by atoms with van der Waals surface area (Å²) in [5.41, 5.74) is 0. The molecule has 1 aliphatic rings. The number of carbonyl (C=O) groups excluding carboxylic acids is 3. The van der Waals surface area contributed by atoms with Crippen molar-refractivity contribution in [3.63, 3.8) is 0 Å². The van der Waals surface area contributed by atoms with Gasteiger partial charge < -0.3 is 39.0 Å². The zero-order chi connectivity index (χ0) is 60.3. The summed E-state index contributed by atoms with van der Waals surface area (Å²) in [5.74, 6) is -3.21. The number of ether oxygens (including phenoxy) is 5. The highest BCUT2D eigenvalue weighted by Crippen LogP contribution is 2.27. The molecule has 83 heavy (non-hydrogen) atoms. The maximum atomic E-state index is 13.2. The molecule has 6 atom stereocenters. The van der Waals surface area contributed by atoms with Gasteiger partial charge in [0.05, 0.1) is 6.61 Å². The Morgan fingerprint density at radius 2 is 0.771 bits per heavy atom. The standard InChI is InChI=1S/C71H118O12/c1-4-7-10-13-16-19-22-25-28-31-32-35-38-41-44-47-50-53-56-59-65(74)82-69-67(76)66(75)68(70(77)78)83-71(69)80-61-62(81-64(73)58-55-52-49-46-43-40-37-34-30-27-24-21-18-15-12-9-6-3)60-79-63(72)57-54-51-48-45-42-39-36-33-29-26-23-20-17-14-11-8-5-2/h8,11,16-17,19-20,25-26,28-29,32,35-36,39,45,48,62,66-69,71,75-76H,4-7,9-10,12-15,18,21-24,27,30-31,33-34,37-38,40-44,46-47,49-61H2,1-3H3,(H,77,78)/b11-8-,19-16-,20-17-,28-25-,29-26-,35-32-,39-36-,48-45-. The predicted molar refractivity (Wildman–Crippen MR) is 340 cm³/mol. The lowest BCUT2D eigenvalue weighted by atomic mass is 9.98. The van der Waals surface area contributed by atoms with Crippen molar-refractivity contribution in [1.29, 1.82) is 0 Å². The molecule has 6 unspecified atom stereocenters. The molecule has 0 aromatic rings. The SMILES string of the molecule is CC/C=C\C/C=C\C/C=C\C/C=C\C/C=C\CCCC(=O)OCC(COC1OC(C(=O)O)C(O)C(O)C1OC(=O)CCCCCCCC/C=C\C/C=C\C/C=C\CCCCC)OC(=O)CCCCCCCCCCCCCCCCCCC. The summed E-state index contributed by atoms with van der Waals surface area (Å²) in [6, 6.07) is 0. The highest BCUT2D eigenvalue weighted by atomic mass is 16.7. The van der Waals surface area contributed by atoms with Gasteiger partial charge in [0, 0.05) is 19.3 Å². The molecule has 1 heterocycles.